The van der Waals surface area contributed by atoms with E-state index < -0.39 is 0 Å². The van der Waals surface area contributed by atoms with Crippen LogP contribution in [0.15, 0.2) is 61.2 Å². The Bertz CT molecular complexity index is 835. The lowest BCUT2D eigenvalue weighted by Crippen LogP contribution is -2.29. The van der Waals surface area contributed by atoms with Crippen molar-refractivity contribution < 1.29 is 4.39 Å². The number of benzene rings is 2. The molecular formula is C26H27F. The zero-order valence-corrected chi connectivity index (χ0v) is 15.8. The van der Waals surface area contributed by atoms with Crippen molar-refractivity contribution in [2.45, 2.75) is 44.4 Å². The Balaban J connectivity index is 1.40. The minimum Gasteiger partial charge on any atom is -0.207 e. The van der Waals surface area contributed by atoms with Gasteiger partial charge in [-0.2, -0.15) is 0 Å². The van der Waals surface area contributed by atoms with E-state index >= 15 is 0 Å². The van der Waals surface area contributed by atoms with Crippen LogP contribution in [-0.2, 0) is 0 Å². The average molecular weight is 359 g/mol. The molecule has 2 aromatic carbocycles. The van der Waals surface area contributed by atoms with E-state index in [2.05, 4.69) is 48.8 Å². The molecule has 4 rings (SSSR count). The van der Waals surface area contributed by atoms with E-state index in [9.17, 15) is 4.39 Å². The van der Waals surface area contributed by atoms with Crippen LogP contribution in [0.3, 0.4) is 0 Å². The van der Waals surface area contributed by atoms with Gasteiger partial charge in [0, 0.05) is 11.1 Å². The molecular weight excluding hydrogens is 331 g/mol. The minimum atomic E-state index is -0.224. The fraction of sp³-hybridized carbons (Fsp3) is 0.385. The summed E-state index contributed by atoms with van der Waals surface area (Å²) in [6.07, 6.45) is 10.3. The fourth-order valence-electron chi connectivity index (χ4n) is 4.96. The molecule has 0 saturated heterocycles. The van der Waals surface area contributed by atoms with Gasteiger partial charge in [0.25, 0.3) is 0 Å². The molecule has 0 heterocycles. The van der Waals surface area contributed by atoms with Crippen molar-refractivity contribution in [2.75, 3.05) is 0 Å². The second-order valence-corrected chi connectivity index (χ2v) is 8.22. The fourth-order valence-corrected chi connectivity index (χ4v) is 4.96. The van der Waals surface area contributed by atoms with Gasteiger partial charge in [0.05, 0.1) is 0 Å². The summed E-state index contributed by atoms with van der Waals surface area (Å²) in [5, 5.41) is 0. The minimum absolute atomic E-state index is 0.224. The van der Waals surface area contributed by atoms with Crippen molar-refractivity contribution in [1.82, 2.24) is 0 Å². The number of hydrogen-bond acceptors (Lipinski definition) is 0. The van der Waals surface area contributed by atoms with Crippen LogP contribution in [0.1, 0.15) is 61.1 Å². The Morgan fingerprint density at radius 2 is 1.37 bits per heavy atom. The first-order chi connectivity index (χ1) is 13.2. The number of allylic oxidation sites excluding steroid dienone is 1. The van der Waals surface area contributed by atoms with E-state index in [1.807, 2.05) is 0 Å². The molecule has 0 radical (unpaired) electrons. The molecule has 0 amide bonds. The summed E-state index contributed by atoms with van der Waals surface area (Å²) in [7, 11) is 0. The van der Waals surface area contributed by atoms with Crippen molar-refractivity contribution in [2.24, 2.45) is 17.8 Å². The van der Waals surface area contributed by atoms with Gasteiger partial charge >= 0.3 is 0 Å². The zero-order chi connectivity index (χ0) is 18.6. The zero-order valence-electron chi connectivity index (χ0n) is 15.8. The highest BCUT2D eigenvalue weighted by Gasteiger charge is 2.35. The first-order valence-corrected chi connectivity index (χ1v) is 10.2. The molecule has 1 heteroatoms. The number of rotatable bonds is 2. The molecule has 2 fully saturated rings. The molecule has 138 valence electrons. The van der Waals surface area contributed by atoms with Gasteiger partial charge in [0.1, 0.15) is 5.82 Å². The Labute approximate surface area is 162 Å². The molecule has 2 unspecified atom stereocenters. The monoisotopic (exact) mass is 358 g/mol. The lowest BCUT2D eigenvalue weighted by molar-refractivity contribution is 0.133. The third-order valence-electron chi connectivity index (χ3n) is 6.56. The standard InChI is InChI=1S/C26H27F/c1-2-19-5-12-25-18-24(14-13-23(25)17-19)22-10-6-20(7-11-22)3-4-21-8-15-26(27)16-9-21/h2,6-11,15-16,19,23-25H,1,5,12-14,17-18H2/t19-,23?,24?,25-/m1/s1. The normalized spacial score (nSPS) is 27.1. The summed E-state index contributed by atoms with van der Waals surface area (Å²) in [6.45, 7) is 4.00. The predicted molar refractivity (Wildman–Crippen MR) is 110 cm³/mol. The maximum atomic E-state index is 13.0. The van der Waals surface area contributed by atoms with Gasteiger partial charge in [0.15, 0.2) is 0 Å². The second-order valence-electron chi connectivity index (χ2n) is 8.22. The molecule has 4 atom stereocenters. The van der Waals surface area contributed by atoms with Gasteiger partial charge in [-0.05, 0) is 104 Å². The van der Waals surface area contributed by atoms with Crippen LogP contribution in [0.2, 0.25) is 0 Å². The van der Waals surface area contributed by atoms with E-state index in [1.54, 1.807) is 12.1 Å². The van der Waals surface area contributed by atoms with Gasteiger partial charge in [0.2, 0.25) is 0 Å². The molecule has 0 N–H and O–H groups in total. The topological polar surface area (TPSA) is 0 Å². The number of fused-ring (bicyclic) bond motifs is 1. The molecule has 27 heavy (non-hydrogen) atoms. The maximum absolute atomic E-state index is 13.0. The largest absolute Gasteiger partial charge is 0.207 e. The molecule has 0 bridgehead atoms. The number of hydrogen-bond donors (Lipinski definition) is 0. The predicted octanol–water partition coefficient (Wildman–Crippen LogP) is 6.71. The quantitative estimate of drug-likeness (QED) is 0.413. The van der Waals surface area contributed by atoms with Crippen molar-refractivity contribution >= 4 is 0 Å². The molecule has 2 aliphatic carbocycles. The Morgan fingerprint density at radius 1 is 0.778 bits per heavy atom. The van der Waals surface area contributed by atoms with Gasteiger partial charge in [-0.25, -0.2) is 4.39 Å². The third-order valence-corrected chi connectivity index (χ3v) is 6.56. The lowest BCUT2D eigenvalue weighted by atomic mass is 9.64. The van der Waals surface area contributed by atoms with Gasteiger partial charge in [-0.15, -0.1) is 6.58 Å². The van der Waals surface area contributed by atoms with E-state index in [0.717, 1.165) is 28.9 Å². The van der Waals surface area contributed by atoms with Crippen LogP contribution >= 0.6 is 0 Å². The molecule has 0 nitrogen and oxygen atoms in total. The molecule has 0 spiro atoms. The lowest BCUT2D eigenvalue weighted by Gasteiger charge is -2.41. The van der Waals surface area contributed by atoms with E-state index in [-0.39, 0.29) is 5.82 Å². The van der Waals surface area contributed by atoms with Crippen molar-refractivity contribution in [3.8, 4) is 11.8 Å². The molecule has 0 aliphatic heterocycles. The summed E-state index contributed by atoms with van der Waals surface area (Å²) >= 11 is 0. The van der Waals surface area contributed by atoms with Crippen LogP contribution < -0.4 is 0 Å². The van der Waals surface area contributed by atoms with Crippen molar-refractivity contribution in [3.63, 3.8) is 0 Å². The molecule has 2 aromatic rings. The average Bonchev–Trinajstić information content (AvgIpc) is 2.73. The molecule has 0 aromatic heterocycles. The maximum Gasteiger partial charge on any atom is 0.123 e. The summed E-state index contributed by atoms with van der Waals surface area (Å²) < 4.78 is 13.0. The summed E-state index contributed by atoms with van der Waals surface area (Å²) in [5.41, 5.74) is 3.32. The van der Waals surface area contributed by atoms with Gasteiger partial charge in [-0.3, -0.25) is 0 Å². The van der Waals surface area contributed by atoms with Crippen LogP contribution in [0.5, 0.6) is 0 Å². The Hall–Kier alpha value is -2.33. The van der Waals surface area contributed by atoms with E-state index in [4.69, 9.17) is 0 Å². The third kappa shape index (κ3) is 4.33. The molecule has 2 aliphatic rings. The summed E-state index contributed by atoms with van der Waals surface area (Å²) in [4.78, 5) is 0. The number of halogens is 1. The first-order valence-electron chi connectivity index (χ1n) is 10.2. The first kappa shape index (κ1) is 18.1. The Kier molecular flexibility index (Phi) is 5.44. The van der Waals surface area contributed by atoms with Crippen molar-refractivity contribution in [1.29, 1.82) is 0 Å². The van der Waals surface area contributed by atoms with Crippen LogP contribution in [0.4, 0.5) is 4.39 Å². The van der Waals surface area contributed by atoms with Crippen LogP contribution in [0.25, 0.3) is 0 Å². The van der Waals surface area contributed by atoms with E-state index in [0.29, 0.717) is 5.92 Å². The highest BCUT2D eigenvalue weighted by molar-refractivity contribution is 5.43. The van der Waals surface area contributed by atoms with Crippen molar-refractivity contribution in [3.05, 3.63) is 83.7 Å². The van der Waals surface area contributed by atoms with Gasteiger partial charge in [-0.1, -0.05) is 30.0 Å². The van der Waals surface area contributed by atoms with Crippen LogP contribution in [0, 0.1) is 35.4 Å². The Morgan fingerprint density at radius 3 is 2.04 bits per heavy atom. The van der Waals surface area contributed by atoms with Gasteiger partial charge < -0.3 is 0 Å². The second kappa shape index (κ2) is 8.13. The SMILES string of the molecule is C=C[C@@H]1CC[C@@H]2CC(c3ccc(C#Cc4ccc(F)cc4)cc3)CCC2C1. The summed E-state index contributed by atoms with van der Waals surface area (Å²) in [6, 6.07) is 15.1. The summed E-state index contributed by atoms with van der Waals surface area (Å²) in [5.74, 6) is 9.34. The van der Waals surface area contributed by atoms with E-state index in [1.165, 1.54) is 56.2 Å². The highest BCUT2D eigenvalue weighted by atomic mass is 19.1. The molecule has 2 saturated carbocycles. The highest BCUT2D eigenvalue weighted by Crippen LogP contribution is 2.47. The van der Waals surface area contributed by atoms with Crippen LogP contribution in [-0.4, -0.2) is 0 Å². The smallest absolute Gasteiger partial charge is 0.123 e.